The van der Waals surface area contributed by atoms with Crippen LogP contribution in [0.5, 0.6) is 0 Å². The van der Waals surface area contributed by atoms with Crippen molar-refractivity contribution in [2.75, 3.05) is 19.0 Å². The SMILES string of the molecule is COC1(CNc2nc3cccc(C)n3n2)CCC1. The van der Waals surface area contributed by atoms with Crippen LogP contribution in [0.15, 0.2) is 18.2 Å². The minimum atomic E-state index is -0.00741. The number of anilines is 1. The molecular formula is C13H18N4O. The Morgan fingerprint density at radius 3 is 2.89 bits per heavy atom. The molecule has 0 bridgehead atoms. The number of rotatable bonds is 4. The van der Waals surface area contributed by atoms with Crippen LogP contribution in [0.2, 0.25) is 0 Å². The van der Waals surface area contributed by atoms with E-state index < -0.39 is 0 Å². The maximum absolute atomic E-state index is 5.57. The topological polar surface area (TPSA) is 51.5 Å². The molecule has 0 unspecified atom stereocenters. The lowest BCUT2D eigenvalue weighted by Crippen LogP contribution is -2.45. The van der Waals surface area contributed by atoms with Crippen LogP contribution in [0.4, 0.5) is 5.95 Å². The van der Waals surface area contributed by atoms with Crippen molar-refractivity contribution in [2.24, 2.45) is 0 Å². The zero-order valence-corrected chi connectivity index (χ0v) is 10.8. The van der Waals surface area contributed by atoms with E-state index in [2.05, 4.69) is 15.4 Å². The van der Waals surface area contributed by atoms with Crippen LogP contribution in [-0.2, 0) is 4.74 Å². The maximum atomic E-state index is 5.57. The van der Waals surface area contributed by atoms with Gasteiger partial charge in [0.15, 0.2) is 5.65 Å². The molecule has 0 atom stereocenters. The second kappa shape index (κ2) is 4.24. The summed E-state index contributed by atoms with van der Waals surface area (Å²) >= 11 is 0. The van der Waals surface area contributed by atoms with Crippen molar-refractivity contribution in [3.8, 4) is 0 Å². The van der Waals surface area contributed by atoms with Crippen molar-refractivity contribution in [3.63, 3.8) is 0 Å². The fourth-order valence-electron chi connectivity index (χ4n) is 2.37. The van der Waals surface area contributed by atoms with Gasteiger partial charge in [0.05, 0.1) is 5.60 Å². The fraction of sp³-hybridized carbons (Fsp3) is 0.538. The van der Waals surface area contributed by atoms with Crippen LogP contribution in [0, 0.1) is 6.92 Å². The molecule has 0 saturated heterocycles. The summed E-state index contributed by atoms with van der Waals surface area (Å²) in [4.78, 5) is 4.45. The van der Waals surface area contributed by atoms with Crippen molar-refractivity contribution < 1.29 is 4.74 Å². The van der Waals surface area contributed by atoms with E-state index >= 15 is 0 Å². The maximum Gasteiger partial charge on any atom is 0.243 e. The van der Waals surface area contributed by atoms with Gasteiger partial charge >= 0.3 is 0 Å². The lowest BCUT2D eigenvalue weighted by Gasteiger charge is -2.40. The minimum absolute atomic E-state index is 0.00741. The molecule has 2 heterocycles. The van der Waals surface area contributed by atoms with Gasteiger partial charge in [0.2, 0.25) is 5.95 Å². The highest BCUT2D eigenvalue weighted by atomic mass is 16.5. The highest BCUT2D eigenvalue weighted by Crippen LogP contribution is 2.34. The number of aromatic nitrogens is 3. The Hall–Kier alpha value is -1.62. The average molecular weight is 246 g/mol. The van der Waals surface area contributed by atoms with E-state index in [-0.39, 0.29) is 5.60 Å². The predicted octanol–water partition coefficient (Wildman–Crippen LogP) is 2.02. The molecular weight excluding hydrogens is 228 g/mol. The van der Waals surface area contributed by atoms with Gasteiger partial charge in [0.1, 0.15) is 0 Å². The Labute approximate surface area is 106 Å². The van der Waals surface area contributed by atoms with Gasteiger partial charge in [-0.25, -0.2) is 4.52 Å². The molecule has 0 amide bonds. The molecule has 1 aliphatic carbocycles. The van der Waals surface area contributed by atoms with Crippen molar-refractivity contribution in [2.45, 2.75) is 31.8 Å². The van der Waals surface area contributed by atoms with Crippen LogP contribution < -0.4 is 5.32 Å². The monoisotopic (exact) mass is 246 g/mol. The lowest BCUT2D eigenvalue weighted by molar-refractivity contribution is -0.0602. The second-order valence-electron chi connectivity index (χ2n) is 4.97. The Morgan fingerprint density at radius 1 is 1.44 bits per heavy atom. The number of nitrogens with one attached hydrogen (secondary N) is 1. The van der Waals surface area contributed by atoms with E-state index in [1.165, 1.54) is 6.42 Å². The summed E-state index contributed by atoms with van der Waals surface area (Å²) in [5, 5.41) is 7.73. The van der Waals surface area contributed by atoms with E-state index in [9.17, 15) is 0 Å². The van der Waals surface area contributed by atoms with Crippen molar-refractivity contribution in [1.29, 1.82) is 0 Å². The quantitative estimate of drug-likeness (QED) is 0.896. The van der Waals surface area contributed by atoms with Crippen molar-refractivity contribution in [3.05, 3.63) is 23.9 Å². The van der Waals surface area contributed by atoms with Crippen LogP contribution in [0.1, 0.15) is 25.0 Å². The van der Waals surface area contributed by atoms with E-state index in [1.54, 1.807) is 7.11 Å². The van der Waals surface area contributed by atoms with E-state index in [0.29, 0.717) is 5.95 Å². The molecule has 5 nitrogen and oxygen atoms in total. The molecule has 0 radical (unpaired) electrons. The van der Waals surface area contributed by atoms with Gasteiger partial charge in [0, 0.05) is 19.3 Å². The molecule has 96 valence electrons. The molecule has 2 aromatic heterocycles. The fourth-order valence-corrected chi connectivity index (χ4v) is 2.37. The van der Waals surface area contributed by atoms with Gasteiger partial charge < -0.3 is 10.1 Å². The molecule has 5 heteroatoms. The van der Waals surface area contributed by atoms with Gasteiger partial charge in [-0.1, -0.05) is 6.07 Å². The highest BCUT2D eigenvalue weighted by molar-refractivity contribution is 5.44. The first kappa shape index (κ1) is 11.5. The molecule has 18 heavy (non-hydrogen) atoms. The molecule has 1 aliphatic rings. The van der Waals surface area contributed by atoms with Crippen LogP contribution in [-0.4, -0.2) is 33.9 Å². The number of hydrogen-bond donors (Lipinski definition) is 1. The summed E-state index contributed by atoms with van der Waals surface area (Å²) in [5.74, 6) is 0.674. The summed E-state index contributed by atoms with van der Waals surface area (Å²) in [7, 11) is 1.78. The molecule has 3 rings (SSSR count). The Bertz CT molecular complexity index is 554. The van der Waals surface area contributed by atoms with Crippen molar-refractivity contribution >= 4 is 11.6 Å². The number of methoxy groups -OCH3 is 1. The number of aryl methyl sites for hydroxylation is 1. The standard InChI is InChI=1S/C13H18N4O/c1-10-5-3-6-11-15-12(16-17(10)11)14-9-13(18-2)7-4-8-13/h3,5-6H,4,7-9H2,1-2H3,(H,14,16). The zero-order valence-electron chi connectivity index (χ0n) is 10.8. The van der Waals surface area contributed by atoms with Gasteiger partial charge in [-0.3, -0.25) is 0 Å². The van der Waals surface area contributed by atoms with Gasteiger partial charge in [-0.2, -0.15) is 4.98 Å². The van der Waals surface area contributed by atoms with Crippen LogP contribution in [0.25, 0.3) is 5.65 Å². The van der Waals surface area contributed by atoms with Gasteiger partial charge in [0.25, 0.3) is 0 Å². The highest BCUT2D eigenvalue weighted by Gasteiger charge is 2.36. The van der Waals surface area contributed by atoms with Gasteiger partial charge in [-0.05, 0) is 38.3 Å². The van der Waals surface area contributed by atoms with Crippen molar-refractivity contribution in [1.82, 2.24) is 14.6 Å². The third kappa shape index (κ3) is 1.84. The largest absolute Gasteiger partial charge is 0.376 e. The number of nitrogens with zero attached hydrogens (tertiary/aromatic N) is 3. The summed E-state index contributed by atoms with van der Waals surface area (Å²) in [6.45, 7) is 2.80. The van der Waals surface area contributed by atoms with E-state index in [1.807, 2.05) is 29.6 Å². The van der Waals surface area contributed by atoms with Gasteiger partial charge in [-0.15, -0.1) is 5.10 Å². The van der Waals surface area contributed by atoms with E-state index in [4.69, 9.17) is 4.74 Å². The Morgan fingerprint density at radius 2 is 2.28 bits per heavy atom. The summed E-state index contributed by atoms with van der Waals surface area (Å²) in [6, 6.07) is 5.97. The zero-order chi connectivity index (χ0) is 12.6. The Balaban J connectivity index is 1.77. The summed E-state index contributed by atoms with van der Waals surface area (Å²) in [6.07, 6.45) is 3.47. The average Bonchev–Trinajstić information content (AvgIpc) is 2.73. The first-order valence-corrected chi connectivity index (χ1v) is 6.34. The Kier molecular flexibility index (Phi) is 2.70. The third-order valence-corrected chi connectivity index (χ3v) is 3.82. The predicted molar refractivity (Wildman–Crippen MR) is 69.8 cm³/mol. The molecule has 1 N–H and O–H groups in total. The molecule has 0 aromatic carbocycles. The first-order valence-electron chi connectivity index (χ1n) is 6.34. The molecule has 0 spiro atoms. The molecule has 1 saturated carbocycles. The van der Waals surface area contributed by atoms with Crippen LogP contribution >= 0.6 is 0 Å². The number of pyridine rings is 1. The lowest BCUT2D eigenvalue weighted by atomic mass is 9.80. The molecule has 0 aliphatic heterocycles. The first-order chi connectivity index (χ1) is 8.72. The number of hydrogen-bond acceptors (Lipinski definition) is 4. The molecule has 2 aromatic rings. The van der Waals surface area contributed by atoms with E-state index in [0.717, 1.165) is 30.7 Å². The number of ether oxygens (including phenoxy) is 1. The van der Waals surface area contributed by atoms with Crippen LogP contribution in [0.3, 0.4) is 0 Å². The molecule has 1 fully saturated rings. The summed E-state index contributed by atoms with van der Waals surface area (Å²) < 4.78 is 7.42. The normalized spacial score (nSPS) is 17.7. The summed E-state index contributed by atoms with van der Waals surface area (Å²) in [5.41, 5.74) is 1.95. The smallest absolute Gasteiger partial charge is 0.243 e. The second-order valence-corrected chi connectivity index (χ2v) is 4.97. The number of fused-ring (bicyclic) bond motifs is 1. The minimum Gasteiger partial charge on any atom is -0.376 e. The third-order valence-electron chi connectivity index (χ3n) is 3.82.